The molecule has 4 aromatic rings. The number of anilines is 1. The molecule has 60 heavy (non-hydrogen) atoms. The number of H-pyrrole nitrogens is 1. The number of carbonyl (C=O) groups is 2. The summed E-state index contributed by atoms with van der Waals surface area (Å²) in [5.41, 5.74) is 7.06. The third kappa shape index (κ3) is 9.90. The Morgan fingerprint density at radius 2 is 1.72 bits per heavy atom. The number of benzene rings is 1. The fraction of sp³-hybridized carbons (Fsp3) is 0.537. The molecule has 8 N–H and O–H groups in total. The predicted octanol–water partition coefficient (Wildman–Crippen LogP) is 2.14. The van der Waals surface area contributed by atoms with Gasteiger partial charge in [-0.25, -0.2) is 23.7 Å². The van der Waals surface area contributed by atoms with Crippen molar-refractivity contribution < 1.29 is 62.5 Å². The first-order chi connectivity index (χ1) is 29.0. The Bertz CT molecular complexity index is 2100. The minimum Gasteiger partial charge on any atom is -0.461 e. The maximum Gasteiger partial charge on any atom is 0.309 e. The number of aliphatic hydroxyl groups excluding tert-OH is 4. The zero-order valence-electron chi connectivity index (χ0n) is 32.8. The largest absolute Gasteiger partial charge is 0.461 e. The summed E-state index contributed by atoms with van der Waals surface area (Å²) >= 11 is 0. The second kappa shape index (κ2) is 19.8. The number of hydrogen-bond donors (Lipinski definition) is 7. The molecule has 3 saturated carbocycles. The van der Waals surface area contributed by atoms with Crippen molar-refractivity contribution in [2.75, 3.05) is 44.9 Å². The van der Waals surface area contributed by atoms with Gasteiger partial charge in [-0.15, -0.1) is 0 Å². The van der Waals surface area contributed by atoms with Crippen LogP contribution in [0, 0.1) is 35.3 Å². The molecular weight excluding hydrogens is 790 g/mol. The van der Waals surface area contributed by atoms with E-state index in [1.54, 1.807) is 12.3 Å². The first-order valence-corrected chi connectivity index (χ1v) is 20.1. The molecule has 3 aliphatic carbocycles. The average Bonchev–Trinajstić information content (AvgIpc) is 3.67. The summed E-state index contributed by atoms with van der Waals surface area (Å²) in [6.45, 7) is 0.540. The molecule has 1 amide bonds. The summed E-state index contributed by atoms with van der Waals surface area (Å²) in [7, 11) is 0. The van der Waals surface area contributed by atoms with Crippen molar-refractivity contribution >= 4 is 28.6 Å². The second-order valence-corrected chi connectivity index (χ2v) is 15.4. The van der Waals surface area contributed by atoms with Crippen LogP contribution in [0.15, 0.2) is 42.9 Å². The van der Waals surface area contributed by atoms with Crippen LogP contribution in [0.5, 0.6) is 5.75 Å². The number of aliphatic hydroxyl groups is 4. The molecule has 3 aromatic heterocycles. The van der Waals surface area contributed by atoms with Crippen LogP contribution in [0.25, 0.3) is 22.4 Å². The van der Waals surface area contributed by atoms with E-state index in [0.29, 0.717) is 41.9 Å². The SMILES string of the molecule is NCCOCCOCCC(=O)Nc1cc(COC(=O)[C@H]2C3CCC(CC3)[C@@H]2Cc2nc(-c3c[nH]c4ncc(F)cc34)ncc2F)ccc1O[C@@H]1O[C@H](CO)[C@H](O)[C@H](O)[C@H]1O. The normalized spacial score (nSPS) is 26.3. The number of fused-ring (bicyclic) bond motifs is 4. The molecule has 4 fully saturated rings. The molecule has 0 spiro atoms. The van der Waals surface area contributed by atoms with Gasteiger partial charge in [0, 0.05) is 23.7 Å². The van der Waals surface area contributed by atoms with Gasteiger partial charge in [0.15, 0.2) is 11.6 Å². The number of amides is 1. The number of ether oxygens (including phenoxy) is 5. The molecule has 2 bridgehead atoms. The van der Waals surface area contributed by atoms with Crippen LogP contribution in [-0.2, 0) is 41.6 Å². The summed E-state index contributed by atoms with van der Waals surface area (Å²) in [6, 6.07) is 5.88. The van der Waals surface area contributed by atoms with Gasteiger partial charge in [0.05, 0.1) is 69.1 Å². The molecule has 4 aliphatic rings. The van der Waals surface area contributed by atoms with Gasteiger partial charge in [0.1, 0.15) is 48.2 Å². The molecule has 8 rings (SSSR count). The van der Waals surface area contributed by atoms with E-state index in [1.165, 1.54) is 18.2 Å². The van der Waals surface area contributed by atoms with Gasteiger partial charge in [0.2, 0.25) is 12.2 Å². The van der Waals surface area contributed by atoms with Gasteiger partial charge in [-0.1, -0.05) is 6.07 Å². The number of aromatic nitrogens is 4. The zero-order chi connectivity index (χ0) is 42.3. The minimum atomic E-state index is -1.71. The Kier molecular flexibility index (Phi) is 14.3. The Balaban J connectivity index is 1.06. The molecule has 1 saturated heterocycles. The lowest BCUT2D eigenvalue weighted by atomic mass is 9.57. The number of nitrogens with one attached hydrogen (secondary N) is 2. The van der Waals surface area contributed by atoms with Gasteiger partial charge >= 0.3 is 5.97 Å². The van der Waals surface area contributed by atoms with Crippen LogP contribution in [0.1, 0.15) is 43.4 Å². The molecule has 1 aliphatic heterocycles. The third-order valence-electron chi connectivity index (χ3n) is 11.5. The number of aromatic amines is 1. The monoisotopic (exact) mass is 840 g/mol. The molecule has 19 heteroatoms. The number of hydrogen-bond acceptors (Lipinski definition) is 15. The van der Waals surface area contributed by atoms with Crippen molar-refractivity contribution in [1.29, 1.82) is 0 Å². The highest BCUT2D eigenvalue weighted by Gasteiger charge is 2.48. The van der Waals surface area contributed by atoms with Gasteiger partial charge in [-0.2, -0.15) is 0 Å². The zero-order valence-corrected chi connectivity index (χ0v) is 32.8. The minimum absolute atomic E-state index is 0.0174. The molecule has 7 atom stereocenters. The quantitative estimate of drug-likeness (QED) is 0.0560. The van der Waals surface area contributed by atoms with Crippen molar-refractivity contribution in [3.8, 4) is 17.1 Å². The number of rotatable bonds is 18. The molecule has 1 aromatic carbocycles. The van der Waals surface area contributed by atoms with E-state index in [2.05, 4.69) is 25.3 Å². The first kappa shape index (κ1) is 43.4. The standard InChI is InChI=1S/C41H50F2N6O11/c42-24-14-26-27(17-46-38(26)45-16-24)39-47-18-28(43)29(49-39)15-25-22-2-4-23(5-3-22)34(25)40(55)58-20-21-1-6-31(59-41-37(54)36(53)35(52)32(19-50)60-41)30(13-21)48-33(51)7-9-56-11-12-57-10-8-44/h1,6,13-14,16-18,22-23,25,32,34-37,41,50,52-54H,2-5,7-12,15,19-20,44H2,(H,45,46)(H,48,51)/t22?,23?,25-,32+,34-,35-,36-,37+,41+/m0/s1. The van der Waals surface area contributed by atoms with Crippen molar-refractivity contribution in [1.82, 2.24) is 19.9 Å². The molecule has 324 valence electrons. The summed E-state index contributed by atoms with van der Waals surface area (Å²) in [5.74, 6) is -2.46. The number of halogens is 2. The van der Waals surface area contributed by atoms with Gasteiger partial charge in [-0.05, 0) is 73.6 Å². The third-order valence-corrected chi connectivity index (χ3v) is 11.5. The molecular formula is C41H50F2N6O11. The number of pyridine rings is 1. The van der Waals surface area contributed by atoms with Crippen LogP contribution in [0.3, 0.4) is 0 Å². The fourth-order valence-corrected chi connectivity index (χ4v) is 8.49. The smallest absolute Gasteiger partial charge is 0.309 e. The van der Waals surface area contributed by atoms with E-state index in [1.807, 2.05) is 0 Å². The van der Waals surface area contributed by atoms with E-state index >= 15 is 4.39 Å². The van der Waals surface area contributed by atoms with E-state index in [4.69, 9.17) is 29.4 Å². The van der Waals surface area contributed by atoms with Crippen LogP contribution >= 0.6 is 0 Å². The van der Waals surface area contributed by atoms with Gasteiger partial charge < -0.3 is 60.1 Å². The lowest BCUT2D eigenvalue weighted by Crippen LogP contribution is -2.60. The van der Waals surface area contributed by atoms with E-state index in [-0.39, 0.29) is 73.4 Å². The van der Waals surface area contributed by atoms with Crippen molar-refractivity contribution in [2.45, 2.75) is 75.8 Å². The van der Waals surface area contributed by atoms with Gasteiger partial charge in [0.25, 0.3) is 0 Å². The highest BCUT2D eigenvalue weighted by Crippen LogP contribution is 2.50. The van der Waals surface area contributed by atoms with E-state index in [9.17, 15) is 34.4 Å². The maximum absolute atomic E-state index is 15.4. The van der Waals surface area contributed by atoms with Gasteiger partial charge in [-0.3, -0.25) is 9.59 Å². The Morgan fingerprint density at radius 3 is 2.48 bits per heavy atom. The number of esters is 1. The van der Waals surface area contributed by atoms with Crippen LogP contribution in [-0.4, -0.2) is 123 Å². The first-order valence-electron chi connectivity index (χ1n) is 20.1. The maximum atomic E-state index is 15.4. The Labute approximate surface area is 343 Å². The van der Waals surface area contributed by atoms with Crippen molar-refractivity contribution in [2.24, 2.45) is 29.4 Å². The van der Waals surface area contributed by atoms with Crippen LogP contribution in [0.2, 0.25) is 0 Å². The molecule has 17 nitrogen and oxygen atoms in total. The predicted molar refractivity (Wildman–Crippen MR) is 208 cm³/mol. The van der Waals surface area contributed by atoms with Crippen LogP contribution in [0.4, 0.5) is 14.5 Å². The fourth-order valence-electron chi connectivity index (χ4n) is 8.49. The lowest BCUT2D eigenvalue weighted by molar-refractivity contribution is -0.277. The summed E-state index contributed by atoms with van der Waals surface area (Å²) in [6.07, 6.45) is -0.442. The number of nitrogens with zero attached hydrogens (tertiary/aromatic N) is 3. The molecule has 0 unspecified atom stereocenters. The van der Waals surface area contributed by atoms with Crippen molar-refractivity contribution in [3.63, 3.8) is 0 Å². The number of carbonyl (C=O) groups excluding carboxylic acids is 2. The van der Waals surface area contributed by atoms with E-state index in [0.717, 1.165) is 38.1 Å². The Hall–Kier alpha value is -4.73. The van der Waals surface area contributed by atoms with Crippen LogP contribution < -0.4 is 15.8 Å². The second-order valence-electron chi connectivity index (χ2n) is 15.4. The highest BCUT2D eigenvalue weighted by atomic mass is 19.1. The summed E-state index contributed by atoms with van der Waals surface area (Å²) < 4.78 is 57.6. The van der Waals surface area contributed by atoms with Crippen molar-refractivity contribution in [3.05, 3.63) is 65.7 Å². The average molecular weight is 841 g/mol. The highest BCUT2D eigenvalue weighted by molar-refractivity contribution is 5.93. The summed E-state index contributed by atoms with van der Waals surface area (Å²) in [5, 5.41) is 44.0. The van der Waals surface area contributed by atoms with E-state index < -0.39 is 66.7 Å². The molecule has 4 heterocycles. The topological polar surface area (TPSA) is 254 Å². The lowest BCUT2D eigenvalue weighted by Gasteiger charge is -2.47. The summed E-state index contributed by atoms with van der Waals surface area (Å²) in [4.78, 5) is 42.8. The number of nitrogens with two attached hydrogens (primary N) is 1. The molecule has 0 radical (unpaired) electrons. The Morgan fingerprint density at radius 1 is 0.950 bits per heavy atom.